The minimum Gasteiger partial charge on any atom is -0.494 e. The van der Waals surface area contributed by atoms with E-state index < -0.39 is 0 Å². The van der Waals surface area contributed by atoms with Crippen LogP contribution >= 0.6 is 11.6 Å². The van der Waals surface area contributed by atoms with Gasteiger partial charge in [-0.25, -0.2) is 0 Å². The van der Waals surface area contributed by atoms with Gasteiger partial charge < -0.3 is 15.8 Å². The van der Waals surface area contributed by atoms with Crippen molar-refractivity contribution in [1.29, 1.82) is 0 Å². The van der Waals surface area contributed by atoms with E-state index in [1.807, 2.05) is 25.1 Å². The summed E-state index contributed by atoms with van der Waals surface area (Å²) in [6, 6.07) is 12.3. The fourth-order valence-corrected chi connectivity index (χ4v) is 2.15. The molecule has 110 valence electrons. The summed E-state index contributed by atoms with van der Waals surface area (Å²) in [6.07, 6.45) is 0. The lowest BCUT2D eigenvalue weighted by Crippen LogP contribution is -2.23. The summed E-state index contributed by atoms with van der Waals surface area (Å²) in [5.74, 6) is 0.383. The van der Waals surface area contributed by atoms with Crippen LogP contribution in [0.1, 0.15) is 22.8 Å². The van der Waals surface area contributed by atoms with E-state index >= 15 is 0 Å². The molecule has 0 heterocycles. The van der Waals surface area contributed by atoms with Crippen LogP contribution < -0.4 is 15.8 Å². The van der Waals surface area contributed by atoms with Gasteiger partial charge in [-0.3, -0.25) is 4.79 Å². The largest absolute Gasteiger partial charge is 0.494 e. The number of hydrogen-bond acceptors (Lipinski definition) is 3. The summed E-state index contributed by atoms with van der Waals surface area (Å²) in [5.41, 5.74) is 7.68. The molecule has 2 aromatic carbocycles. The Hall–Kier alpha value is -2.20. The number of hydrogen-bond donors (Lipinski definition) is 2. The molecule has 0 saturated carbocycles. The van der Waals surface area contributed by atoms with Crippen LogP contribution in [-0.4, -0.2) is 12.5 Å². The first-order valence-corrected chi connectivity index (χ1v) is 7.02. The number of ether oxygens (including phenoxy) is 1. The average Bonchev–Trinajstić information content (AvgIpc) is 2.44. The number of nitrogens with one attached hydrogen (secondary N) is 1. The quantitative estimate of drug-likeness (QED) is 0.833. The van der Waals surface area contributed by atoms with Gasteiger partial charge in [0.15, 0.2) is 0 Å². The second-order valence-corrected chi connectivity index (χ2v) is 4.97. The number of benzene rings is 2. The maximum absolute atomic E-state index is 12.2. The molecular formula is C16H17ClN2O2. The van der Waals surface area contributed by atoms with E-state index in [0.29, 0.717) is 35.2 Å². The fourth-order valence-electron chi connectivity index (χ4n) is 1.93. The molecule has 0 atom stereocenters. The van der Waals surface area contributed by atoms with E-state index in [9.17, 15) is 4.79 Å². The zero-order valence-corrected chi connectivity index (χ0v) is 12.5. The second kappa shape index (κ2) is 6.99. The van der Waals surface area contributed by atoms with Crippen LogP contribution in [0.3, 0.4) is 0 Å². The maximum atomic E-state index is 12.2. The van der Waals surface area contributed by atoms with Crippen molar-refractivity contribution in [2.24, 2.45) is 0 Å². The van der Waals surface area contributed by atoms with Gasteiger partial charge in [0, 0.05) is 28.9 Å². The summed E-state index contributed by atoms with van der Waals surface area (Å²) in [7, 11) is 0. The zero-order chi connectivity index (χ0) is 15.2. The minimum absolute atomic E-state index is 0.205. The highest BCUT2D eigenvalue weighted by molar-refractivity contribution is 6.30. The third-order valence-corrected chi connectivity index (χ3v) is 3.08. The van der Waals surface area contributed by atoms with Crippen molar-refractivity contribution in [3.8, 4) is 5.75 Å². The Labute approximate surface area is 128 Å². The first kappa shape index (κ1) is 15.2. The third-order valence-electron chi connectivity index (χ3n) is 2.84. The Balaban J connectivity index is 2.06. The highest BCUT2D eigenvalue weighted by atomic mass is 35.5. The number of rotatable bonds is 5. The lowest BCUT2D eigenvalue weighted by molar-refractivity contribution is 0.0950. The molecule has 2 rings (SSSR count). The Bertz CT molecular complexity index is 644. The monoisotopic (exact) mass is 304 g/mol. The number of carbonyl (C=O) groups is 1. The van der Waals surface area contributed by atoms with Gasteiger partial charge >= 0.3 is 0 Å². The third kappa shape index (κ3) is 4.39. The van der Waals surface area contributed by atoms with Gasteiger partial charge in [-0.2, -0.15) is 0 Å². The molecule has 21 heavy (non-hydrogen) atoms. The molecule has 5 heteroatoms. The Morgan fingerprint density at radius 2 is 2.10 bits per heavy atom. The molecule has 0 aliphatic rings. The van der Waals surface area contributed by atoms with Crippen molar-refractivity contribution in [2.75, 3.05) is 12.3 Å². The first-order valence-electron chi connectivity index (χ1n) is 6.64. The Morgan fingerprint density at radius 3 is 2.81 bits per heavy atom. The van der Waals surface area contributed by atoms with E-state index in [1.165, 1.54) is 0 Å². The SMILES string of the molecule is CCOc1cc(N)cc(C(=O)NCc2cccc(Cl)c2)c1. The lowest BCUT2D eigenvalue weighted by Gasteiger charge is -2.09. The number of nitrogen functional groups attached to an aromatic ring is 1. The standard InChI is InChI=1S/C16H17ClN2O2/c1-2-21-15-8-12(7-14(18)9-15)16(20)19-10-11-4-3-5-13(17)6-11/h3-9H,2,10,18H2,1H3,(H,19,20). The predicted octanol–water partition coefficient (Wildman–Crippen LogP) is 3.25. The highest BCUT2D eigenvalue weighted by Crippen LogP contribution is 2.19. The minimum atomic E-state index is -0.205. The molecule has 0 unspecified atom stereocenters. The van der Waals surface area contributed by atoms with Gasteiger partial charge in [0.25, 0.3) is 5.91 Å². The van der Waals surface area contributed by atoms with Crippen molar-refractivity contribution in [3.05, 3.63) is 58.6 Å². The highest BCUT2D eigenvalue weighted by Gasteiger charge is 2.08. The number of halogens is 1. The van der Waals surface area contributed by atoms with Crippen molar-refractivity contribution in [3.63, 3.8) is 0 Å². The Morgan fingerprint density at radius 1 is 1.29 bits per heavy atom. The topological polar surface area (TPSA) is 64.3 Å². The molecule has 0 aliphatic carbocycles. The summed E-state index contributed by atoms with van der Waals surface area (Å²) in [5, 5.41) is 3.47. The molecule has 0 aromatic heterocycles. The number of carbonyl (C=O) groups excluding carboxylic acids is 1. The van der Waals surface area contributed by atoms with Gasteiger partial charge in [0.1, 0.15) is 5.75 Å². The smallest absolute Gasteiger partial charge is 0.251 e. The molecule has 1 amide bonds. The van der Waals surface area contributed by atoms with Crippen LogP contribution in [0.15, 0.2) is 42.5 Å². The summed E-state index contributed by atoms with van der Waals surface area (Å²) in [4.78, 5) is 12.2. The predicted molar refractivity (Wildman–Crippen MR) is 84.6 cm³/mol. The van der Waals surface area contributed by atoms with Gasteiger partial charge in [-0.05, 0) is 36.8 Å². The van der Waals surface area contributed by atoms with Crippen molar-refractivity contribution >= 4 is 23.2 Å². The number of amides is 1. The van der Waals surface area contributed by atoms with Crippen molar-refractivity contribution in [1.82, 2.24) is 5.32 Å². The van der Waals surface area contributed by atoms with E-state index in [4.69, 9.17) is 22.1 Å². The molecule has 0 aliphatic heterocycles. The molecular weight excluding hydrogens is 288 g/mol. The normalized spacial score (nSPS) is 10.2. The molecule has 0 radical (unpaired) electrons. The van der Waals surface area contributed by atoms with E-state index in [2.05, 4.69) is 5.32 Å². The van der Waals surface area contributed by atoms with Crippen LogP contribution in [0.5, 0.6) is 5.75 Å². The molecule has 0 bridgehead atoms. The molecule has 2 aromatic rings. The van der Waals surface area contributed by atoms with Crippen LogP contribution in [-0.2, 0) is 6.54 Å². The van der Waals surface area contributed by atoms with Gasteiger partial charge in [-0.15, -0.1) is 0 Å². The number of nitrogens with two attached hydrogens (primary N) is 1. The molecule has 4 nitrogen and oxygen atoms in total. The van der Waals surface area contributed by atoms with E-state index in [0.717, 1.165) is 5.56 Å². The van der Waals surface area contributed by atoms with Crippen molar-refractivity contribution in [2.45, 2.75) is 13.5 Å². The van der Waals surface area contributed by atoms with Crippen LogP contribution in [0.4, 0.5) is 5.69 Å². The van der Waals surface area contributed by atoms with Crippen LogP contribution in [0.25, 0.3) is 0 Å². The fraction of sp³-hybridized carbons (Fsp3) is 0.188. The van der Waals surface area contributed by atoms with Crippen LogP contribution in [0, 0.1) is 0 Å². The van der Waals surface area contributed by atoms with Crippen molar-refractivity contribution < 1.29 is 9.53 Å². The average molecular weight is 305 g/mol. The molecule has 0 saturated heterocycles. The second-order valence-electron chi connectivity index (χ2n) is 4.54. The van der Waals surface area contributed by atoms with E-state index in [1.54, 1.807) is 24.3 Å². The van der Waals surface area contributed by atoms with Gasteiger partial charge in [0.05, 0.1) is 6.61 Å². The lowest BCUT2D eigenvalue weighted by atomic mass is 10.1. The molecule has 0 fully saturated rings. The summed E-state index contributed by atoms with van der Waals surface area (Å²) in [6.45, 7) is 2.80. The summed E-state index contributed by atoms with van der Waals surface area (Å²) >= 11 is 5.91. The molecule has 0 spiro atoms. The van der Waals surface area contributed by atoms with Gasteiger partial charge in [-0.1, -0.05) is 23.7 Å². The first-order chi connectivity index (χ1) is 10.1. The maximum Gasteiger partial charge on any atom is 0.251 e. The number of anilines is 1. The van der Waals surface area contributed by atoms with Gasteiger partial charge in [0.2, 0.25) is 0 Å². The zero-order valence-electron chi connectivity index (χ0n) is 11.7. The molecule has 3 N–H and O–H groups in total. The van der Waals surface area contributed by atoms with Crippen LogP contribution in [0.2, 0.25) is 5.02 Å². The summed E-state index contributed by atoms with van der Waals surface area (Å²) < 4.78 is 5.38. The Kier molecular flexibility index (Phi) is 5.06. The van der Waals surface area contributed by atoms with E-state index in [-0.39, 0.29) is 5.91 Å².